The fourth-order valence-electron chi connectivity index (χ4n) is 0.618. The molecule has 0 saturated carbocycles. The maximum Gasteiger partial charge on any atom is 1.00 e. The number of hydrogen-bond acceptors (Lipinski definition) is 7. The second-order valence-corrected chi connectivity index (χ2v) is 2.36. The van der Waals surface area contributed by atoms with E-state index in [1.807, 2.05) is 0 Å². The first-order valence-electron chi connectivity index (χ1n) is 3.33. The first kappa shape index (κ1) is 19.9. The molecule has 0 saturated heterocycles. The van der Waals surface area contributed by atoms with Crippen LogP contribution in [0.1, 0.15) is 0 Å². The molecule has 0 aromatic heterocycles. The molecule has 0 aromatic rings. The number of carbonyl (C=O) groups excluding carboxylic acids is 1. The molecule has 0 rings (SSSR count). The average molecular weight is 220 g/mol. The predicted octanol–water partition coefficient (Wildman–Crippen LogP) is -6.55. The number of rotatable bonds is 5. The predicted molar refractivity (Wildman–Crippen MR) is 39.1 cm³/mol. The van der Waals surface area contributed by atoms with Gasteiger partial charge in [0.15, 0.2) is 6.29 Å². The Hall–Kier alpha value is 0.430. The van der Waals surface area contributed by atoms with Crippen LogP contribution in [-0.2, 0) is 4.79 Å². The van der Waals surface area contributed by atoms with Gasteiger partial charge in [-0.1, -0.05) is 0 Å². The van der Waals surface area contributed by atoms with Crippen LogP contribution in [-0.4, -0.2) is 68.3 Å². The quantitative estimate of drug-likeness (QED) is 0.228. The second-order valence-electron chi connectivity index (χ2n) is 2.36. The van der Waals surface area contributed by atoms with Crippen LogP contribution in [0.15, 0.2) is 0 Å². The van der Waals surface area contributed by atoms with E-state index in [0.717, 1.165) is 0 Å². The van der Waals surface area contributed by atoms with Crippen LogP contribution in [0.3, 0.4) is 0 Å². The van der Waals surface area contributed by atoms with Gasteiger partial charge < -0.3 is 35.8 Å². The first-order chi connectivity index (χ1) is 5.54. The summed E-state index contributed by atoms with van der Waals surface area (Å²) in [5, 5.41) is 43.5. The van der Waals surface area contributed by atoms with Crippen LogP contribution in [0.2, 0.25) is 0 Å². The molecule has 0 heterocycles. The van der Waals surface area contributed by atoms with E-state index in [1.165, 1.54) is 0 Å². The van der Waals surface area contributed by atoms with Crippen molar-refractivity contribution >= 4 is 6.29 Å². The van der Waals surface area contributed by atoms with Gasteiger partial charge in [-0.25, -0.2) is 0 Å². The summed E-state index contributed by atoms with van der Waals surface area (Å²) in [5.41, 5.74) is 0. The van der Waals surface area contributed by atoms with Gasteiger partial charge in [0.1, 0.15) is 24.4 Å². The largest absolute Gasteiger partial charge is 1.00 e. The smallest absolute Gasteiger partial charge is 0.870 e. The summed E-state index contributed by atoms with van der Waals surface area (Å²) in [7, 11) is 0. The molecule has 0 bridgehead atoms. The number of aliphatic hydroxyl groups is 5. The van der Waals surface area contributed by atoms with Crippen LogP contribution in [0, 0.1) is 0 Å². The van der Waals surface area contributed by atoms with E-state index in [9.17, 15) is 4.79 Å². The molecule has 0 unspecified atom stereocenters. The topological polar surface area (TPSA) is 148 Å². The molecule has 4 atom stereocenters. The van der Waals surface area contributed by atoms with Crippen LogP contribution in [0.4, 0.5) is 0 Å². The third-order valence-corrected chi connectivity index (χ3v) is 1.42. The molecule has 0 amide bonds. The van der Waals surface area contributed by atoms with E-state index >= 15 is 0 Å². The summed E-state index contributed by atoms with van der Waals surface area (Å²) < 4.78 is 0. The van der Waals surface area contributed by atoms with Gasteiger partial charge in [-0.05, 0) is 0 Å². The maximum absolute atomic E-state index is 9.90. The normalized spacial score (nSPS) is 18.1. The molecule has 8 heteroatoms. The van der Waals surface area contributed by atoms with Gasteiger partial charge in [0.25, 0.3) is 0 Å². The standard InChI is InChI=1S/C6H12O6.Na.H2O/c7-1-3(9)5(11)6(12)4(10)2-8;;/h1,3-6,8-12H,2H2;;1H2/q;+1;/p-1/t3-,4+,5+,6+;;/m0../s1. The van der Waals surface area contributed by atoms with E-state index in [4.69, 9.17) is 25.5 Å². The van der Waals surface area contributed by atoms with Crippen LogP contribution >= 0.6 is 0 Å². The average Bonchev–Trinajstić information content (AvgIpc) is 2.12. The third-order valence-electron chi connectivity index (χ3n) is 1.42. The number of hydrogen-bond donors (Lipinski definition) is 5. The molecule has 14 heavy (non-hydrogen) atoms. The minimum atomic E-state index is -1.79. The summed E-state index contributed by atoms with van der Waals surface area (Å²) >= 11 is 0. The molecule has 0 aliphatic carbocycles. The molecular weight excluding hydrogens is 207 g/mol. The zero-order valence-corrected chi connectivity index (χ0v) is 9.69. The molecule has 0 aliphatic rings. The fraction of sp³-hybridized carbons (Fsp3) is 0.833. The first-order valence-corrected chi connectivity index (χ1v) is 3.33. The molecule has 0 fully saturated rings. The van der Waals surface area contributed by atoms with Gasteiger partial charge >= 0.3 is 29.6 Å². The fourth-order valence-corrected chi connectivity index (χ4v) is 0.618. The van der Waals surface area contributed by atoms with Crippen LogP contribution in [0.25, 0.3) is 0 Å². The Bertz CT molecular complexity index is 144. The van der Waals surface area contributed by atoms with E-state index in [2.05, 4.69) is 0 Å². The SMILES string of the molecule is O=C[C@H](O)[C@@H](O)[C@H](O)[C@H](O)CO.[Na+].[OH-]. The Morgan fingerprint density at radius 3 is 1.79 bits per heavy atom. The Labute approximate surface area is 103 Å². The van der Waals surface area contributed by atoms with Crippen molar-refractivity contribution < 1.29 is 65.4 Å². The molecule has 7 nitrogen and oxygen atoms in total. The van der Waals surface area contributed by atoms with Crippen molar-refractivity contribution in [3.05, 3.63) is 0 Å². The van der Waals surface area contributed by atoms with Crippen molar-refractivity contribution in [3.8, 4) is 0 Å². The summed E-state index contributed by atoms with van der Waals surface area (Å²) in [6, 6.07) is 0. The van der Waals surface area contributed by atoms with Crippen molar-refractivity contribution in [1.82, 2.24) is 0 Å². The zero-order valence-electron chi connectivity index (χ0n) is 7.69. The Balaban J connectivity index is -0.000000605. The minimum absolute atomic E-state index is 0. The molecule has 0 radical (unpaired) electrons. The van der Waals surface area contributed by atoms with Gasteiger partial charge in [0.2, 0.25) is 0 Å². The molecule has 0 aromatic carbocycles. The molecule has 0 spiro atoms. The maximum atomic E-state index is 9.90. The number of aldehydes is 1. The molecular formula is C6H13NaO7. The molecule has 80 valence electrons. The van der Waals surface area contributed by atoms with Gasteiger partial charge in [0.05, 0.1) is 6.61 Å². The zero-order chi connectivity index (χ0) is 9.72. The number of carbonyl (C=O) groups is 1. The monoisotopic (exact) mass is 220 g/mol. The second kappa shape index (κ2) is 9.97. The Morgan fingerprint density at radius 2 is 1.50 bits per heavy atom. The summed E-state index contributed by atoms with van der Waals surface area (Å²) in [6.07, 6.45) is -6.84. The summed E-state index contributed by atoms with van der Waals surface area (Å²) in [5.74, 6) is 0. The summed E-state index contributed by atoms with van der Waals surface area (Å²) in [6.45, 7) is -0.760. The molecule has 0 aliphatic heterocycles. The van der Waals surface area contributed by atoms with Crippen molar-refractivity contribution in [3.63, 3.8) is 0 Å². The van der Waals surface area contributed by atoms with Crippen LogP contribution < -0.4 is 29.6 Å². The van der Waals surface area contributed by atoms with Crippen molar-refractivity contribution in [1.29, 1.82) is 0 Å². The van der Waals surface area contributed by atoms with E-state index in [-0.39, 0.29) is 41.3 Å². The van der Waals surface area contributed by atoms with Crippen molar-refractivity contribution in [2.24, 2.45) is 0 Å². The number of aliphatic hydroxyl groups excluding tert-OH is 5. The van der Waals surface area contributed by atoms with Crippen LogP contribution in [0.5, 0.6) is 0 Å². The van der Waals surface area contributed by atoms with Crippen molar-refractivity contribution in [2.75, 3.05) is 6.61 Å². The van der Waals surface area contributed by atoms with Gasteiger partial charge in [0, 0.05) is 0 Å². The minimum Gasteiger partial charge on any atom is -0.870 e. The third kappa shape index (κ3) is 6.02. The Kier molecular flexibility index (Phi) is 14.2. The van der Waals surface area contributed by atoms with Gasteiger partial charge in [-0.3, -0.25) is 0 Å². The van der Waals surface area contributed by atoms with E-state index < -0.39 is 31.0 Å². The van der Waals surface area contributed by atoms with Gasteiger partial charge in [-0.15, -0.1) is 0 Å². The van der Waals surface area contributed by atoms with E-state index in [1.54, 1.807) is 0 Å². The molecule has 6 N–H and O–H groups in total. The van der Waals surface area contributed by atoms with Gasteiger partial charge in [-0.2, -0.15) is 0 Å². The summed E-state index contributed by atoms with van der Waals surface area (Å²) in [4.78, 5) is 9.90. The van der Waals surface area contributed by atoms with Crippen molar-refractivity contribution in [2.45, 2.75) is 24.4 Å². The Morgan fingerprint density at radius 1 is 1.07 bits per heavy atom. The van der Waals surface area contributed by atoms with E-state index in [0.29, 0.717) is 0 Å².